The van der Waals surface area contributed by atoms with Crippen LogP contribution in [0.5, 0.6) is 0 Å². The minimum absolute atomic E-state index is 0.325. The Labute approximate surface area is 57.8 Å². The highest BCUT2D eigenvalue weighted by molar-refractivity contribution is 4.86. The molecule has 0 bridgehead atoms. The van der Waals surface area contributed by atoms with Crippen LogP contribution in [0.3, 0.4) is 0 Å². The van der Waals surface area contributed by atoms with Crippen molar-refractivity contribution in [1.82, 2.24) is 5.32 Å². The maximum absolute atomic E-state index is 5.07. The van der Waals surface area contributed by atoms with Crippen molar-refractivity contribution in [2.75, 3.05) is 6.54 Å². The van der Waals surface area contributed by atoms with Gasteiger partial charge in [-0.2, -0.15) is 0 Å². The summed E-state index contributed by atoms with van der Waals surface area (Å²) in [7, 11) is 0. The summed E-state index contributed by atoms with van der Waals surface area (Å²) >= 11 is 0. The van der Waals surface area contributed by atoms with Crippen molar-refractivity contribution >= 4 is 0 Å². The van der Waals surface area contributed by atoms with Gasteiger partial charge in [-0.3, -0.25) is 0 Å². The van der Waals surface area contributed by atoms with Gasteiger partial charge in [-0.1, -0.05) is 6.92 Å². The van der Waals surface area contributed by atoms with E-state index in [9.17, 15) is 0 Å². The highest BCUT2D eigenvalue weighted by Crippen LogP contribution is 1.92. The van der Waals surface area contributed by atoms with E-state index in [1.165, 1.54) is 0 Å². The van der Waals surface area contributed by atoms with E-state index < -0.39 is 0 Å². The molecule has 1 radical (unpaired) electrons. The van der Waals surface area contributed by atoms with E-state index in [2.05, 4.69) is 25.1 Å². The van der Waals surface area contributed by atoms with Crippen molar-refractivity contribution in [3.63, 3.8) is 0 Å². The van der Waals surface area contributed by atoms with Gasteiger partial charge in [0.25, 0.3) is 0 Å². The molecule has 0 spiro atoms. The summed E-state index contributed by atoms with van der Waals surface area (Å²) in [4.78, 5) is 0. The van der Waals surface area contributed by atoms with Gasteiger partial charge in [0, 0.05) is 12.5 Å². The van der Waals surface area contributed by atoms with Gasteiger partial charge in [0.15, 0.2) is 0 Å². The molecule has 0 fully saturated rings. The van der Waals surface area contributed by atoms with Crippen molar-refractivity contribution in [2.45, 2.75) is 25.8 Å². The smallest absolute Gasteiger partial charge is 0.0101 e. The molecule has 0 aliphatic heterocycles. The molecule has 51 valence electrons. The van der Waals surface area contributed by atoms with E-state index in [1.807, 2.05) is 0 Å². The maximum Gasteiger partial charge on any atom is 0.0101 e. The fourth-order valence-corrected chi connectivity index (χ4v) is 0.648. The predicted octanol–water partition coefficient (Wildman–Crippen LogP) is 1.21. The Hall–Kier alpha value is -0.480. The van der Waals surface area contributed by atoms with Crippen LogP contribution in [0.4, 0.5) is 0 Å². The molecule has 1 nitrogen and oxygen atoms in total. The molecular weight excluding hydrogens is 110 g/mol. The SMILES string of the molecule is C#CCCC([CH2])NCC. The molecule has 0 rings (SSSR count). The van der Waals surface area contributed by atoms with E-state index in [4.69, 9.17) is 6.42 Å². The molecule has 1 heteroatoms. The van der Waals surface area contributed by atoms with Gasteiger partial charge in [0.05, 0.1) is 0 Å². The highest BCUT2D eigenvalue weighted by Gasteiger charge is 1.95. The molecule has 0 heterocycles. The van der Waals surface area contributed by atoms with Crippen molar-refractivity contribution in [2.24, 2.45) is 0 Å². The molecule has 1 N–H and O–H groups in total. The summed E-state index contributed by atoms with van der Waals surface area (Å²) < 4.78 is 0. The van der Waals surface area contributed by atoms with E-state index >= 15 is 0 Å². The molecule has 0 aliphatic rings. The van der Waals surface area contributed by atoms with Gasteiger partial charge in [0.1, 0.15) is 0 Å². The summed E-state index contributed by atoms with van der Waals surface area (Å²) in [6, 6.07) is 0.325. The quantitative estimate of drug-likeness (QED) is 0.555. The third kappa shape index (κ3) is 5.39. The van der Waals surface area contributed by atoms with E-state index in [0.717, 1.165) is 19.4 Å². The van der Waals surface area contributed by atoms with Crippen LogP contribution in [0.1, 0.15) is 19.8 Å². The first kappa shape index (κ1) is 8.52. The average Bonchev–Trinajstić information content (AvgIpc) is 1.85. The Morgan fingerprint density at radius 1 is 1.78 bits per heavy atom. The monoisotopic (exact) mass is 124 g/mol. The average molecular weight is 124 g/mol. The zero-order chi connectivity index (χ0) is 7.11. The van der Waals surface area contributed by atoms with Gasteiger partial charge in [-0.05, 0) is 19.9 Å². The lowest BCUT2D eigenvalue weighted by molar-refractivity contribution is 0.580. The topological polar surface area (TPSA) is 12.0 Å². The van der Waals surface area contributed by atoms with Gasteiger partial charge in [-0.15, -0.1) is 12.3 Å². The minimum Gasteiger partial charge on any atom is -0.314 e. The van der Waals surface area contributed by atoms with Crippen LogP contribution in [0.15, 0.2) is 0 Å². The summed E-state index contributed by atoms with van der Waals surface area (Å²) in [5, 5.41) is 3.17. The number of rotatable bonds is 4. The molecule has 0 amide bonds. The standard InChI is InChI=1S/C8H14N/c1-4-6-7-8(3)9-5-2/h1,8-9H,3,5-7H2,2H3. The zero-order valence-electron chi connectivity index (χ0n) is 5.98. The third-order valence-corrected chi connectivity index (χ3v) is 1.13. The summed E-state index contributed by atoms with van der Waals surface area (Å²) in [5.74, 6) is 2.58. The molecule has 1 atom stereocenters. The second-order valence-electron chi connectivity index (χ2n) is 2.00. The lowest BCUT2D eigenvalue weighted by atomic mass is 10.2. The van der Waals surface area contributed by atoms with Crippen LogP contribution in [0.2, 0.25) is 0 Å². The first-order valence-electron chi connectivity index (χ1n) is 3.31. The largest absolute Gasteiger partial charge is 0.314 e. The zero-order valence-corrected chi connectivity index (χ0v) is 5.98. The first-order valence-corrected chi connectivity index (χ1v) is 3.31. The third-order valence-electron chi connectivity index (χ3n) is 1.13. The fourth-order valence-electron chi connectivity index (χ4n) is 0.648. The first-order chi connectivity index (χ1) is 4.31. The molecule has 0 aromatic heterocycles. The van der Waals surface area contributed by atoms with Crippen LogP contribution in [-0.2, 0) is 0 Å². The molecule has 9 heavy (non-hydrogen) atoms. The summed E-state index contributed by atoms with van der Waals surface area (Å²) in [6.07, 6.45) is 6.86. The summed E-state index contributed by atoms with van der Waals surface area (Å²) in [6.45, 7) is 6.89. The van der Waals surface area contributed by atoms with Gasteiger partial charge >= 0.3 is 0 Å². The van der Waals surface area contributed by atoms with Crippen molar-refractivity contribution < 1.29 is 0 Å². The predicted molar refractivity (Wildman–Crippen MR) is 40.9 cm³/mol. The van der Waals surface area contributed by atoms with Gasteiger partial charge in [0.2, 0.25) is 0 Å². The number of nitrogens with one attached hydrogen (secondary N) is 1. The molecule has 0 aliphatic carbocycles. The Kier molecular flexibility index (Phi) is 5.35. The van der Waals surface area contributed by atoms with Crippen LogP contribution in [-0.4, -0.2) is 12.6 Å². The van der Waals surface area contributed by atoms with Crippen LogP contribution >= 0.6 is 0 Å². The molecule has 0 aromatic carbocycles. The molecular formula is C8H14N. The van der Waals surface area contributed by atoms with Crippen LogP contribution < -0.4 is 5.32 Å². The Morgan fingerprint density at radius 3 is 2.89 bits per heavy atom. The minimum atomic E-state index is 0.325. The molecule has 0 aromatic rings. The number of hydrogen-bond donors (Lipinski definition) is 1. The normalized spacial score (nSPS) is 12.6. The second kappa shape index (κ2) is 5.65. The number of hydrogen-bond acceptors (Lipinski definition) is 1. The maximum atomic E-state index is 5.07. The van der Waals surface area contributed by atoms with Crippen LogP contribution in [0.25, 0.3) is 0 Å². The Balaban J connectivity index is 3.07. The van der Waals surface area contributed by atoms with Gasteiger partial charge in [-0.25, -0.2) is 0 Å². The van der Waals surface area contributed by atoms with Gasteiger partial charge < -0.3 is 5.32 Å². The highest BCUT2D eigenvalue weighted by atomic mass is 14.9. The molecule has 0 saturated carbocycles. The van der Waals surface area contributed by atoms with E-state index in [0.29, 0.717) is 6.04 Å². The summed E-state index contributed by atoms with van der Waals surface area (Å²) in [5.41, 5.74) is 0. The van der Waals surface area contributed by atoms with Crippen molar-refractivity contribution in [3.05, 3.63) is 6.92 Å². The number of terminal acetylenes is 1. The van der Waals surface area contributed by atoms with E-state index in [1.54, 1.807) is 0 Å². The molecule has 1 unspecified atom stereocenters. The Bertz CT molecular complexity index is 91.2. The Morgan fingerprint density at radius 2 is 2.44 bits per heavy atom. The van der Waals surface area contributed by atoms with Crippen molar-refractivity contribution in [1.29, 1.82) is 0 Å². The van der Waals surface area contributed by atoms with Crippen LogP contribution in [0, 0.1) is 19.3 Å². The second-order valence-corrected chi connectivity index (χ2v) is 2.00. The molecule has 0 saturated heterocycles. The lowest BCUT2D eigenvalue weighted by Crippen LogP contribution is -2.25. The lowest BCUT2D eigenvalue weighted by Gasteiger charge is -2.08. The fraction of sp³-hybridized carbons (Fsp3) is 0.625. The van der Waals surface area contributed by atoms with E-state index in [-0.39, 0.29) is 0 Å². The van der Waals surface area contributed by atoms with Crippen molar-refractivity contribution in [3.8, 4) is 12.3 Å².